The van der Waals surface area contributed by atoms with Gasteiger partial charge in [0.15, 0.2) is 0 Å². The molecule has 10 heteroatoms. The number of carbonyl (C=O) groups excluding carboxylic acids is 1. The molecule has 3 aromatic rings. The fourth-order valence-corrected chi connectivity index (χ4v) is 5.63. The van der Waals surface area contributed by atoms with Crippen molar-refractivity contribution in [1.82, 2.24) is 19.8 Å². The molecule has 35 heavy (non-hydrogen) atoms. The second kappa shape index (κ2) is 9.94. The van der Waals surface area contributed by atoms with Crippen molar-refractivity contribution in [2.75, 3.05) is 39.4 Å². The number of piperidine rings is 1. The summed E-state index contributed by atoms with van der Waals surface area (Å²) in [6.45, 7) is 3.06. The minimum atomic E-state index is -4.38. The first-order valence-corrected chi connectivity index (χ1v) is 12.4. The summed E-state index contributed by atoms with van der Waals surface area (Å²) in [6, 6.07) is 9.07. The summed E-state index contributed by atoms with van der Waals surface area (Å²) >= 11 is 1.54. The molecule has 4 heterocycles. The third-order valence-electron chi connectivity index (χ3n) is 6.54. The first-order chi connectivity index (χ1) is 16.9. The van der Waals surface area contributed by atoms with E-state index in [0.717, 1.165) is 34.0 Å². The van der Waals surface area contributed by atoms with Gasteiger partial charge in [-0.1, -0.05) is 12.1 Å². The molecule has 0 bridgehead atoms. The molecule has 0 radical (unpaired) electrons. The molecule has 6 nitrogen and oxygen atoms in total. The van der Waals surface area contributed by atoms with E-state index in [1.54, 1.807) is 28.6 Å². The van der Waals surface area contributed by atoms with Gasteiger partial charge in [0.25, 0.3) is 0 Å². The van der Waals surface area contributed by atoms with Gasteiger partial charge in [-0.25, -0.2) is 9.78 Å². The van der Waals surface area contributed by atoms with Crippen molar-refractivity contribution in [3.05, 3.63) is 70.3 Å². The first-order valence-electron chi connectivity index (χ1n) is 11.5. The average Bonchev–Trinajstić information content (AvgIpc) is 3.39. The van der Waals surface area contributed by atoms with Crippen molar-refractivity contribution in [1.29, 1.82) is 0 Å². The monoisotopic (exact) mass is 502 g/mol. The molecule has 0 N–H and O–H groups in total. The highest BCUT2D eigenvalue weighted by Crippen LogP contribution is 2.39. The number of aromatic nitrogens is 2. The number of alkyl halides is 3. The Bertz CT molecular complexity index is 1150. The van der Waals surface area contributed by atoms with Crippen molar-refractivity contribution in [3.8, 4) is 11.3 Å². The highest BCUT2D eigenvalue weighted by atomic mass is 32.1. The molecule has 5 rings (SSSR count). The maximum absolute atomic E-state index is 13.3. The Morgan fingerprint density at radius 1 is 1.03 bits per heavy atom. The van der Waals surface area contributed by atoms with Gasteiger partial charge in [-0.05, 0) is 36.2 Å². The Kier molecular flexibility index (Phi) is 6.75. The fourth-order valence-electron chi connectivity index (χ4n) is 4.70. The van der Waals surface area contributed by atoms with E-state index in [2.05, 4.69) is 4.98 Å². The number of carbonyl (C=O) groups is 1. The summed E-state index contributed by atoms with van der Waals surface area (Å²) in [5.41, 5.74) is 1.88. The molecule has 2 fully saturated rings. The smallest absolute Gasteiger partial charge is 0.378 e. The number of morpholine rings is 1. The van der Waals surface area contributed by atoms with Crippen LogP contribution in [0.3, 0.4) is 0 Å². The lowest BCUT2D eigenvalue weighted by atomic mass is 9.84. The van der Waals surface area contributed by atoms with Crippen molar-refractivity contribution in [2.45, 2.75) is 24.4 Å². The van der Waals surface area contributed by atoms with E-state index >= 15 is 0 Å². The molecule has 184 valence electrons. The second-order valence-corrected chi connectivity index (χ2v) is 9.74. The Labute approximate surface area is 205 Å². The number of nitrogens with zero attached hydrogens (tertiary/aromatic N) is 4. The van der Waals surface area contributed by atoms with Crippen LogP contribution in [0.15, 0.2) is 54.2 Å². The molecule has 0 aliphatic carbocycles. The number of rotatable bonds is 3. The number of thiazole rings is 1. The van der Waals surface area contributed by atoms with Gasteiger partial charge in [-0.2, -0.15) is 13.2 Å². The van der Waals surface area contributed by atoms with E-state index in [-0.39, 0.29) is 17.9 Å². The van der Waals surface area contributed by atoms with Gasteiger partial charge < -0.3 is 14.5 Å². The van der Waals surface area contributed by atoms with E-state index in [4.69, 9.17) is 9.72 Å². The van der Waals surface area contributed by atoms with Crippen LogP contribution in [0.25, 0.3) is 11.3 Å². The zero-order valence-electron chi connectivity index (χ0n) is 18.9. The normalized spacial score (nSPS) is 21.2. The van der Waals surface area contributed by atoms with Crippen molar-refractivity contribution in [3.63, 3.8) is 0 Å². The Hall–Kier alpha value is -2.98. The summed E-state index contributed by atoms with van der Waals surface area (Å²) in [7, 11) is 0. The number of ether oxygens (including phenoxy) is 1. The van der Waals surface area contributed by atoms with Gasteiger partial charge in [-0.15, -0.1) is 11.3 Å². The Balaban J connectivity index is 1.41. The van der Waals surface area contributed by atoms with Crippen molar-refractivity contribution in [2.24, 2.45) is 0 Å². The molecule has 2 atom stereocenters. The van der Waals surface area contributed by atoms with Crippen LogP contribution in [0.2, 0.25) is 0 Å². The lowest BCUT2D eigenvalue weighted by Gasteiger charge is -2.40. The number of halogens is 3. The summed E-state index contributed by atoms with van der Waals surface area (Å²) in [5, 5.41) is 2.91. The van der Waals surface area contributed by atoms with E-state index < -0.39 is 11.7 Å². The minimum absolute atomic E-state index is 0.0172. The number of amides is 2. The number of likely N-dealkylation sites (tertiary alicyclic amines) is 1. The van der Waals surface area contributed by atoms with Crippen LogP contribution < -0.4 is 0 Å². The number of pyridine rings is 1. The lowest BCUT2D eigenvalue weighted by molar-refractivity contribution is -0.137. The molecule has 0 spiro atoms. The molecule has 2 aromatic heterocycles. The van der Waals surface area contributed by atoms with Gasteiger partial charge in [-0.3, -0.25) is 4.98 Å². The quantitative estimate of drug-likeness (QED) is 0.491. The van der Waals surface area contributed by atoms with Gasteiger partial charge in [0.2, 0.25) is 0 Å². The van der Waals surface area contributed by atoms with Gasteiger partial charge in [0.05, 0.1) is 29.5 Å². The van der Waals surface area contributed by atoms with E-state index in [9.17, 15) is 18.0 Å². The van der Waals surface area contributed by atoms with E-state index in [1.807, 2.05) is 22.4 Å². The predicted molar refractivity (Wildman–Crippen MR) is 126 cm³/mol. The number of benzene rings is 1. The number of hydrogen-bond donors (Lipinski definition) is 0. The topological polar surface area (TPSA) is 58.6 Å². The summed E-state index contributed by atoms with van der Waals surface area (Å²) < 4.78 is 44.6. The van der Waals surface area contributed by atoms with Crippen LogP contribution in [-0.4, -0.2) is 65.2 Å². The maximum atomic E-state index is 13.3. The van der Waals surface area contributed by atoms with Crippen LogP contribution in [0.5, 0.6) is 0 Å². The molecule has 2 saturated heterocycles. The summed E-state index contributed by atoms with van der Waals surface area (Å²) in [6.07, 6.45) is -0.200. The van der Waals surface area contributed by atoms with Crippen LogP contribution in [0.1, 0.15) is 34.4 Å². The third kappa shape index (κ3) is 5.33. The van der Waals surface area contributed by atoms with Crippen LogP contribution >= 0.6 is 11.3 Å². The number of urea groups is 1. The molecule has 2 unspecified atom stereocenters. The van der Waals surface area contributed by atoms with Gasteiger partial charge >= 0.3 is 12.2 Å². The zero-order valence-corrected chi connectivity index (χ0v) is 19.8. The average molecular weight is 503 g/mol. The van der Waals surface area contributed by atoms with Crippen molar-refractivity contribution >= 4 is 17.4 Å². The highest BCUT2D eigenvalue weighted by Gasteiger charge is 2.36. The Morgan fingerprint density at radius 2 is 1.77 bits per heavy atom. The first kappa shape index (κ1) is 23.7. The molecule has 2 aliphatic heterocycles. The Morgan fingerprint density at radius 3 is 2.46 bits per heavy atom. The predicted octanol–water partition coefficient (Wildman–Crippen LogP) is 5.25. The van der Waals surface area contributed by atoms with Crippen molar-refractivity contribution < 1.29 is 22.7 Å². The standard InChI is InChI=1S/C25H25F3N4O2S/c26-25(27,28)21-5-3-17(4-6-21)19-12-20(15-32(14-19)24(33)31-8-10-34-11-9-31)23-30-22(16-35-23)18-2-1-7-29-13-18/h1-7,13,16,19-20H,8-12,14-15H2. The molecular formula is C25H25F3N4O2S. The largest absolute Gasteiger partial charge is 0.416 e. The third-order valence-corrected chi connectivity index (χ3v) is 7.55. The second-order valence-electron chi connectivity index (χ2n) is 8.85. The number of hydrogen-bond acceptors (Lipinski definition) is 5. The van der Waals surface area contributed by atoms with Crippen LogP contribution in [0.4, 0.5) is 18.0 Å². The SMILES string of the molecule is O=C(N1CCOCC1)N1CC(c2ccc(C(F)(F)F)cc2)CC(c2nc(-c3cccnc3)cs2)C1. The van der Waals surface area contributed by atoms with Gasteiger partial charge in [0.1, 0.15) is 0 Å². The zero-order chi connectivity index (χ0) is 24.4. The molecule has 2 amide bonds. The van der Waals surface area contributed by atoms with E-state index in [1.165, 1.54) is 12.1 Å². The molecular weight excluding hydrogens is 477 g/mol. The van der Waals surface area contributed by atoms with Gasteiger partial charge in [0, 0.05) is 61.4 Å². The van der Waals surface area contributed by atoms with Crippen LogP contribution in [0, 0.1) is 0 Å². The molecule has 2 aliphatic rings. The fraction of sp³-hybridized carbons (Fsp3) is 0.400. The lowest BCUT2D eigenvalue weighted by Crippen LogP contribution is -2.52. The van der Waals surface area contributed by atoms with Crippen LogP contribution in [-0.2, 0) is 10.9 Å². The highest BCUT2D eigenvalue weighted by molar-refractivity contribution is 7.10. The maximum Gasteiger partial charge on any atom is 0.416 e. The minimum Gasteiger partial charge on any atom is -0.378 e. The summed E-state index contributed by atoms with van der Waals surface area (Å²) in [4.78, 5) is 26.0. The molecule has 1 aromatic carbocycles. The molecule has 0 saturated carbocycles. The van der Waals surface area contributed by atoms with E-state index in [0.29, 0.717) is 45.8 Å². The summed E-state index contributed by atoms with van der Waals surface area (Å²) in [5.74, 6) is -0.108.